The summed E-state index contributed by atoms with van der Waals surface area (Å²) in [6.07, 6.45) is 0. The monoisotopic (exact) mass is 519 g/mol. The average Bonchev–Trinajstić information content (AvgIpc) is 3.18. The Morgan fingerprint density at radius 3 is 2.63 bits per heavy atom. The lowest BCUT2D eigenvalue weighted by Gasteiger charge is -2.47. The summed E-state index contributed by atoms with van der Waals surface area (Å²) in [6.45, 7) is 10.7. The van der Waals surface area contributed by atoms with E-state index < -0.39 is 27.8 Å². The van der Waals surface area contributed by atoms with Crippen LogP contribution in [0.1, 0.15) is 29.5 Å². The lowest BCUT2D eigenvalue weighted by Crippen LogP contribution is -2.64. The number of rotatable bonds is 5. The Labute approximate surface area is 209 Å². The molecule has 0 aromatic heterocycles. The number of hydrogen-bond donors (Lipinski definition) is 2. The molecule has 0 bridgehead atoms. The Hall–Kier alpha value is -2.66. The van der Waals surface area contributed by atoms with Gasteiger partial charge in [-0.15, -0.1) is 5.10 Å². The summed E-state index contributed by atoms with van der Waals surface area (Å²) in [6, 6.07) is 7.04. The number of nitrogens with zero attached hydrogens (tertiary/aromatic N) is 3. The first-order valence-electron chi connectivity index (χ1n) is 11.3. The van der Waals surface area contributed by atoms with Crippen molar-refractivity contribution in [3.8, 4) is 0 Å². The molecular formula is C24H27ClFN5O3S. The van der Waals surface area contributed by atoms with Crippen molar-refractivity contribution in [2.24, 2.45) is 5.10 Å². The number of ether oxygens (including phenoxy) is 1. The minimum absolute atomic E-state index is 0.0400. The Bertz CT molecular complexity index is 1340. The Morgan fingerprint density at radius 1 is 1.26 bits per heavy atom. The highest BCUT2D eigenvalue weighted by atomic mass is 35.5. The zero-order chi connectivity index (χ0) is 25.1. The third kappa shape index (κ3) is 3.98. The van der Waals surface area contributed by atoms with Crippen molar-refractivity contribution >= 4 is 33.2 Å². The maximum Gasteiger partial charge on any atom is 0.247 e. The average molecular weight is 520 g/mol. The normalized spacial score (nSPS) is 21.5. The fourth-order valence-corrected chi connectivity index (χ4v) is 6.88. The Balaban J connectivity index is 1.67. The fourth-order valence-electron chi connectivity index (χ4n) is 4.93. The molecule has 0 amide bonds. The molecule has 0 saturated carbocycles. The number of benzene rings is 2. The number of hydrazone groups is 1. The van der Waals surface area contributed by atoms with Crippen LogP contribution in [-0.4, -0.2) is 50.5 Å². The van der Waals surface area contributed by atoms with Gasteiger partial charge in [-0.3, -0.25) is 0 Å². The lowest BCUT2D eigenvalue weighted by molar-refractivity contribution is 0.273. The van der Waals surface area contributed by atoms with Gasteiger partial charge in [0.15, 0.2) is 0 Å². The molecule has 2 unspecified atom stereocenters. The highest BCUT2D eigenvalue weighted by Crippen LogP contribution is 2.41. The van der Waals surface area contributed by atoms with Crippen LogP contribution < -0.4 is 15.6 Å². The highest BCUT2D eigenvalue weighted by Gasteiger charge is 2.48. The van der Waals surface area contributed by atoms with Gasteiger partial charge in [0.2, 0.25) is 21.8 Å². The van der Waals surface area contributed by atoms with Crippen LogP contribution >= 0.6 is 11.6 Å². The van der Waals surface area contributed by atoms with Crippen molar-refractivity contribution in [2.45, 2.75) is 43.7 Å². The van der Waals surface area contributed by atoms with Crippen LogP contribution in [0.4, 0.5) is 10.1 Å². The fraction of sp³-hybridized carbons (Fsp3) is 0.375. The van der Waals surface area contributed by atoms with Crippen molar-refractivity contribution < 1.29 is 17.5 Å². The predicted molar refractivity (Wildman–Crippen MR) is 133 cm³/mol. The van der Waals surface area contributed by atoms with Crippen molar-refractivity contribution in [3.05, 3.63) is 70.3 Å². The topological polar surface area (TPSA) is 86.3 Å². The summed E-state index contributed by atoms with van der Waals surface area (Å²) in [5.74, 6) is -0.722. The number of fused-ring (bicyclic) bond motifs is 1. The third-order valence-electron chi connectivity index (χ3n) is 7.05. The number of hydrogen-bond acceptors (Lipinski definition) is 7. The molecule has 1 fully saturated rings. The molecule has 0 spiro atoms. The second kappa shape index (κ2) is 8.77. The van der Waals surface area contributed by atoms with Crippen LogP contribution in [0.15, 0.2) is 52.8 Å². The van der Waals surface area contributed by atoms with Crippen LogP contribution in [0, 0.1) is 19.7 Å². The van der Waals surface area contributed by atoms with Gasteiger partial charge in [0, 0.05) is 24.0 Å². The van der Waals surface area contributed by atoms with Crippen molar-refractivity contribution in [2.75, 3.05) is 24.7 Å². The molecule has 2 N–H and O–H groups in total. The predicted octanol–water partition coefficient (Wildman–Crippen LogP) is 3.41. The van der Waals surface area contributed by atoms with Gasteiger partial charge >= 0.3 is 0 Å². The number of halogens is 2. The van der Waals surface area contributed by atoms with Gasteiger partial charge in [0.1, 0.15) is 16.8 Å². The molecule has 186 valence electrons. The molecule has 3 aliphatic rings. The van der Waals surface area contributed by atoms with E-state index in [-0.39, 0.29) is 29.4 Å². The first-order valence-corrected chi connectivity index (χ1v) is 13.2. The number of aryl methyl sites for hydroxylation is 1. The van der Waals surface area contributed by atoms with Gasteiger partial charge in [0.05, 0.1) is 18.4 Å². The van der Waals surface area contributed by atoms with E-state index >= 15 is 4.39 Å². The molecule has 2 atom stereocenters. The standard InChI is InChI=1S/C24H27ClFN5O3S/c1-13-5-7-19(26)22(14(13)2)15(3)23(24-29-28-16(4)34-24)31-12-30(18-10-27-11-18)20-9-17(25)6-8-21(20)35(31,32)33/h5-9,15,18,23,27-28H,4,10-12H2,1-3H3. The van der Waals surface area contributed by atoms with Crippen LogP contribution in [0.2, 0.25) is 5.02 Å². The van der Waals surface area contributed by atoms with E-state index in [4.69, 9.17) is 16.3 Å². The Kier molecular flexibility index (Phi) is 6.03. The van der Waals surface area contributed by atoms with E-state index in [2.05, 4.69) is 22.4 Å². The zero-order valence-electron chi connectivity index (χ0n) is 19.7. The van der Waals surface area contributed by atoms with E-state index in [1.54, 1.807) is 25.1 Å². The summed E-state index contributed by atoms with van der Waals surface area (Å²) in [4.78, 5) is 2.17. The largest absolute Gasteiger partial charge is 0.422 e. The summed E-state index contributed by atoms with van der Waals surface area (Å²) < 4.78 is 50.4. The minimum atomic E-state index is -4.02. The third-order valence-corrected chi connectivity index (χ3v) is 9.15. The van der Waals surface area contributed by atoms with Gasteiger partial charge in [-0.25, -0.2) is 18.2 Å². The first kappa shape index (κ1) is 24.1. The van der Waals surface area contributed by atoms with Gasteiger partial charge in [-0.2, -0.15) is 4.31 Å². The summed E-state index contributed by atoms with van der Waals surface area (Å²) in [7, 11) is -4.02. The molecule has 3 heterocycles. The van der Waals surface area contributed by atoms with Crippen LogP contribution in [-0.2, 0) is 14.8 Å². The number of sulfonamides is 1. The van der Waals surface area contributed by atoms with E-state index in [1.807, 2.05) is 18.7 Å². The van der Waals surface area contributed by atoms with E-state index in [0.717, 1.165) is 11.1 Å². The van der Waals surface area contributed by atoms with Gasteiger partial charge in [0.25, 0.3) is 0 Å². The van der Waals surface area contributed by atoms with E-state index in [1.165, 1.54) is 16.4 Å². The van der Waals surface area contributed by atoms with E-state index in [0.29, 0.717) is 29.4 Å². The molecule has 35 heavy (non-hydrogen) atoms. The Morgan fingerprint density at radius 2 is 2.00 bits per heavy atom. The smallest absolute Gasteiger partial charge is 0.247 e. The maximum absolute atomic E-state index is 15.2. The van der Waals surface area contributed by atoms with Crippen molar-refractivity contribution in [3.63, 3.8) is 0 Å². The lowest BCUT2D eigenvalue weighted by atomic mass is 9.87. The molecule has 2 aromatic rings. The summed E-state index contributed by atoms with van der Waals surface area (Å²) in [5.41, 5.74) is 5.31. The molecule has 0 aliphatic carbocycles. The van der Waals surface area contributed by atoms with E-state index in [9.17, 15) is 8.42 Å². The second-order valence-electron chi connectivity index (χ2n) is 9.15. The molecular weight excluding hydrogens is 493 g/mol. The van der Waals surface area contributed by atoms with Crippen LogP contribution in [0.5, 0.6) is 0 Å². The molecule has 11 heteroatoms. The summed E-state index contributed by atoms with van der Waals surface area (Å²) >= 11 is 6.25. The van der Waals surface area contributed by atoms with Gasteiger partial charge in [-0.05, 0) is 61.4 Å². The minimum Gasteiger partial charge on any atom is -0.422 e. The van der Waals surface area contributed by atoms with Crippen LogP contribution in [0.3, 0.4) is 0 Å². The molecule has 3 aliphatic heterocycles. The molecule has 2 aromatic carbocycles. The molecule has 0 radical (unpaired) electrons. The van der Waals surface area contributed by atoms with Crippen LogP contribution in [0.25, 0.3) is 0 Å². The molecule has 1 saturated heterocycles. The van der Waals surface area contributed by atoms with Gasteiger partial charge in [-0.1, -0.05) is 24.6 Å². The quantitative estimate of drug-likeness (QED) is 0.629. The highest BCUT2D eigenvalue weighted by molar-refractivity contribution is 7.89. The maximum atomic E-state index is 15.2. The number of nitrogens with one attached hydrogen (secondary N) is 2. The second-order valence-corrected chi connectivity index (χ2v) is 11.4. The first-order chi connectivity index (χ1) is 16.6. The molecule has 5 rings (SSSR count). The van der Waals surface area contributed by atoms with Gasteiger partial charge < -0.3 is 15.0 Å². The zero-order valence-corrected chi connectivity index (χ0v) is 21.3. The molecule has 8 nitrogen and oxygen atoms in total. The van der Waals surface area contributed by atoms with Crippen molar-refractivity contribution in [1.82, 2.24) is 15.0 Å². The SMILES string of the molecule is C=C1NN=C(C(C(C)c2c(F)ccc(C)c2C)N2CN(C3CNC3)c3cc(Cl)ccc3S2(=O)=O)O1. The summed E-state index contributed by atoms with van der Waals surface area (Å²) in [5, 5.41) is 7.92. The van der Waals surface area contributed by atoms with Crippen molar-refractivity contribution in [1.29, 1.82) is 0 Å². The number of anilines is 1.